The van der Waals surface area contributed by atoms with Crippen LogP contribution in [0.25, 0.3) is 22.3 Å². The van der Waals surface area contributed by atoms with E-state index in [0.717, 1.165) is 18.5 Å². The average Bonchev–Trinajstić information content (AvgIpc) is 3.17. The molecule has 0 saturated heterocycles. The molecule has 2 aliphatic carbocycles. The zero-order chi connectivity index (χ0) is 26.3. The van der Waals surface area contributed by atoms with Crippen LogP contribution in [-0.4, -0.2) is 6.04 Å². The van der Waals surface area contributed by atoms with Crippen LogP contribution in [0.15, 0.2) is 115 Å². The molecule has 1 unspecified atom stereocenters. The summed E-state index contributed by atoms with van der Waals surface area (Å²) in [6, 6.07) is 33.0. The summed E-state index contributed by atoms with van der Waals surface area (Å²) in [6.45, 7) is 6.96. The molecule has 0 amide bonds. The van der Waals surface area contributed by atoms with Crippen LogP contribution in [0, 0.1) is 5.41 Å². The molecule has 190 valence electrons. The van der Waals surface area contributed by atoms with Crippen molar-refractivity contribution in [3.8, 4) is 22.3 Å². The van der Waals surface area contributed by atoms with Crippen LogP contribution >= 0.6 is 0 Å². The van der Waals surface area contributed by atoms with Gasteiger partial charge in [0.05, 0.1) is 5.69 Å². The van der Waals surface area contributed by atoms with E-state index in [4.69, 9.17) is 5.73 Å². The molecule has 0 saturated carbocycles. The Morgan fingerprint density at radius 2 is 1.55 bits per heavy atom. The second-order valence-corrected chi connectivity index (χ2v) is 11.6. The third-order valence-electron chi connectivity index (χ3n) is 8.59. The first kappa shape index (κ1) is 24.5. The van der Waals surface area contributed by atoms with Crippen LogP contribution in [-0.2, 0) is 11.8 Å². The largest absolute Gasteiger partial charge is 0.355 e. The van der Waals surface area contributed by atoms with Crippen molar-refractivity contribution in [2.24, 2.45) is 11.1 Å². The molecule has 0 heterocycles. The van der Waals surface area contributed by atoms with Crippen molar-refractivity contribution in [2.75, 3.05) is 5.32 Å². The molecule has 0 bridgehead atoms. The molecule has 0 radical (unpaired) electrons. The fraction of sp³-hybridized carbons (Fsp3) is 0.222. The first-order valence-electron chi connectivity index (χ1n) is 13.7. The van der Waals surface area contributed by atoms with Crippen molar-refractivity contribution < 1.29 is 0 Å². The van der Waals surface area contributed by atoms with E-state index in [2.05, 4.69) is 141 Å². The number of allylic oxidation sites excluding steroid dienone is 3. The van der Waals surface area contributed by atoms with Crippen molar-refractivity contribution in [3.05, 3.63) is 132 Å². The Labute approximate surface area is 226 Å². The third kappa shape index (κ3) is 4.19. The van der Waals surface area contributed by atoms with E-state index in [1.165, 1.54) is 44.6 Å². The number of hydrogen-bond acceptors (Lipinski definition) is 2. The summed E-state index contributed by atoms with van der Waals surface area (Å²) < 4.78 is 0. The second-order valence-electron chi connectivity index (χ2n) is 11.6. The predicted octanol–water partition coefficient (Wildman–Crippen LogP) is 8.80. The summed E-state index contributed by atoms with van der Waals surface area (Å²) in [6.07, 6.45) is 10.5. The van der Waals surface area contributed by atoms with Crippen LogP contribution in [0.2, 0.25) is 0 Å². The minimum Gasteiger partial charge on any atom is -0.355 e. The highest BCUT2D eigenvalue weighted by atomic mass is 14.9. The number of rotatable bonds is 6. The second kappa shape index (κ2) is 9.45. The zero-order valence-corrected chi connectivity index (χ0v) is 22.5. The average molecular weight is 497 g/mol. The maximum Gasteiger partial charge on any atom is 0.0511 e. The normalized spacial score (nSPS) is 19.6. The summed E-state index contributed by atoms with van der Waals surface area (Å²) in [5.41, 5.74) is 18.0. The van der Waals surface area contributed by atoms with Crippen LogP contribution in [0.4, 0.5) is 11.4 Å². The summed E-state index contributed by atoms with van der Waals surface area (Å²) in [7, 11) is 0. The number of nitrogens with one attached hydrogen (secondary N) is 1. The smallest absolute Gasteiger partial charge is 0.0511 e. The lowest BCUT2D eigenvalue weighted by Crippen LogP contribution is -2.40. The van der Waals surface area contributed by atoms with Gasteiger partial charge in [-0.1, -0.05) is 124 Å². The van der Waals surface area contributed by atoms with Gasteiger partial charge in [0, 0.05) is 28.1 Å². The molecule has 0 aliphatic heterocycles. The van der Waals surface area contributed by atoms with E-state index < -0.39 is 0 Å². The van der Waals surface area contributed by atoms with Gasteiger partial charge >= 0.3 is 0 Å². The van der Waals surface area contributed by atoms with Gasteiger partial charge in [0.1, 0.15) is 0 Å². The van der Waals surface area contributed by atoms with Crippen molar-refractivity contribution >= 4 is 11.4 Å². The Morgan fingerprint density at radius 3 is 2.34 bits per heavy atom. The molecule has 2 nitrogen and oxygen atoms in total. The van der Waals surface area contributed by atoms with Crippen molar-refractivity contribution in [1.29, 1.82) is 0 Å². The van der Waals surface area contributed by atoms with E-state index >= 15 is 0 Å². The minimum absolute atomic E-state index is 0.0191. The monoisotopic (exact) mass is 496 g/mol. The lowest BCUT2D eigenvalue weighted by atomic mass is 9.75. The molecule has 2 atom stereocenters. The van der Waals surface area contributed by atoms with E-state index in [1.54, 1.807) is 0 Å². The Kier molecular flexibility index (Phi) is 6.08. The molecule has 4 aromatic rings. The fourth-order valence-corrected chi connectivity index (χ4v) is 6.29. The first-order chi connectivity index (χ1) is 18.4. The molecule has 0 spiro atoms. The highest BCUT2D eigenvalue weighted by Crippen LogP contribution is 2.54. The number of fused-ring (bicyclic) bond motifs is 3. The van der Waals surface area contributed by atoms with Crippen LogP contribution in [0.3, 0.4) is 0 Å². The topological polar surface area (TPSA) is 38.0 Å². The zero-order valence-electron chi connectivity index (χ0n) is 22.5. The summed E-state index contributed by atoms with van der Waals surface area (Å²) in [4.78, 5) is 0. The van der Waals surface area contributed by atoms with E-state index in [0.29, 0.717) is 0 Å². The fourth-order valence-electron chi connectivity index (χ4n) is 6.29. The lowest BCUT2D eigenvalue weighted by molar-refractivity contribution is 0.333. The van der Waals surface area contributed by atoms with Crippen LogP contribution in [0.5, 0.6) is 0 Å². The molecule has 38 heavy (non-hydrogen) atoms. The Morgan fingerprint density at radius 1 is 0.789 bits per heavy atom. The number of nitrogens with two attached hydrogens (primary N) is 1. The van der Waals surface area contributed by atoms with Crippen LogP contribution < -0.4 is 11.1 Å². The SMILES string of the molecule is CC1(C)c2ccccc2-c2ccc(-c3ccccc3)c(Nc3cccc(C[C@@H](N)C4(C)C=CC=CC4)c3)c21. The van der Waals surface area contributed by atoms with Gasteiger partial charge in [-0.3, -0.25) is 0 Å². The van der Waals surface area contributed by atoms with Crippen molar-refractivity contribution in [1.82, 2.24) is 0 Å². The Hall–Kier alpha value is -3.88. The first-order valence-corrected chi connectivity index (χ1v) is 13.7. The molecule has 0 aromatic heterocycles. The molecular formula is C36H36N2. The highest BCUT2D eigenvalue weighted by Gasteiger charge is 2.38. The maximum absolute atomic E-state index is 6.77. The van der Waals surface area contributed by atoms with Crippen LogP contribution in [0.1, 0.15) is 43.9 Å². The summed E-state index contributed by atoms with van der Waals surface area (Å²) in [5, 5.41) is 3.90. The standard InChI is InChI=1S/C36H36N2/c1-35(2)31-18-9-8-17-29(31)30-20-19-28(26-14-6-4-7-15-26)34(33(30)35)38-27-16-12-13-25(23-27)24-32(37)36(3)21-10-5-11-22-36/h4-21,23,32,38H,22,24,37H2,1-3H3/t32-,36?/m1/s1. The molecule has 2 heteroatoms. The highest BCUT2D eigenvalue weighted by molar-refractivity contribution is 5.94. The number of hydrogen-bond donors (Lipinski definition) is 2. The van der Waals surface area contributed by atoms with E-state index in [-0.39, 0.29) is 16.9 Å². The van der Waals surface area contributed by atoms with E-state index in [1.807, 2.05) is 0 Å². The van der Waals surface area contributed by atoms with E-state index in [9.17, 15) is 0 Å². The number of anilines is 2. The maximum atomic E-state index is 6.77. The molecule has 6 rings (SSSR count). The van der Waals surface area contributed by atoms with Gasteiger partial charge in [0.25, 0.3) is 0 Å². The minimum atomic E-state index is -0.117. The van der Waals surface area contributed by atoms with Gasteiger partial charge in [-0.2, -0.15) is 0 Å². The predicted molar refractivity (Wildman–Crippen MR) is 162 cm³/mol. The molecule has 3 N–H and O–H groups in total. The Bertz CT molecular complexity index is 1540. The summed E-state index contributed by atoms with van der Waals surface area (Å²) in [5.74, 6) is 0. The van der Waals surface area contributed by atoms with Gasteiger partial charge in [0.15, 0.2) is 0 Å². The molecule has 2 aliphatic rings. The van der Waals surface area contributed by atoms with Gasteiger partial charge < -0.3 is 11.1 Å². The van der Waals surface area contributed by atoms with Gasteiger partial charge in [-0.15, -0.1) is 0 Å². The quantitative estimate of drug-likeness (QED) is 0.280. The molecule has 4 aromatic carbocycles. The Balaban J connectivity index is 1.41. The van der Waals surface area contributed by atoms with Gasteiger partial charge in [-0.25, -0.2) is 0 Å². The third-order valence-corrected chi connectivity index (χ3v) is 8.59. The van der Waals surface area contributed by atoms with Gasteiger partial charge in [-0.05, 0) is 58.4 Å². The lowest BCUT2D eigenvalue weighted by Gasteiger charge is -2.33. The summed E-state index contributed by atoms with van der Waals surface area (Å²) >= 11 is 0. The van der Waals surface area contributed by atoms with Crippen molar-refractivity contribution in [2.45, 2.75) is 45.1 Å². The van der Waals surface area contributed by atoms with Crippen molar-refractivity contribution in [3.63, 3.8) is 0 Å². The molecular weight excluding hydrogens is 460 g/mol. The molecule has 0 fully saturated rings. The van der Waals surface area contributed by atoms with Gasteiger partial charge in [0.2, 0.25) is 0 Å². The number of benzene rings is 4.